The molecule has 32 heavy (non-hydrogen) atoms. The number of esters is 1. The highest BCUT2D eigenvalue weighted by Crippen LogP contribution is 2.28. The van der Waals surface area contributed by atoms with E-state index in [1.165, 1.54) is 0 Å². The van der Waals surface area contributed by atoms with Crippen LogP contribution in [0.4, 0.5) is 0 Å². The second-order valence-corrected chi connectivity index (χ2v) is 7.74. The molecular formula is C25H27N3O4. The van der Waals surface area contributed by atoms with Crippen LogP contribution in [0.1, 0.15) is 30.1 Å². The summed E-state index contributed by atoms with van der Waals surface area (Å²) in [5.74, 6) is 0.0750. The lowest BCUT2D eigenvalue weighted by atomic mass is 9.97. The van der Waals surface area contributed by atoms with Crippen LogP contribution in [-0.2, 0) is 9.53 Å². The maximum atomic E-state index is 13.6. The molecule has 0 radical (unpaired) electrons. The van der Waals surface area contributed by atoms with Gasteiger partial charge < -0.3 is 14.4 Å². The summed E-state index contributed by atoms with van der Waals surface area (Å²) in [6.07, 6.45) is 3.27. The molecule has 2 aromatic carbocycles. The first-order chi connectivity index (χ1) is 15.6. The molecule has 0 aliphatic carbocycles. The molecule has 1 aliphatic rings. The molecule has 1 atom stereocenters. The van der Waals surface area contributed by atoms with Crippen molar-refractivity contribution < 1.29 is 19.1 Å². The number of nitrogens with zero attached hydrogens (tertiary/aromatic N) is 3. The van der Waals surface area contributed by atoms with E-state index in [0.717, 1.165) is 29.8 Å². The summed E-state index contributed by atoms with van der Waals surface area (Å²) in [5.41, 5.74) is 2.79. The molecule has 1 amide bonds. The van der Waals surface area contributed by atoms with Gasteiger partial charge in [-0.25, -0.2) is 4.68 Å². The zero-order chi connectivity index (χ0) is 22.5. The van der Waals surface area contributed by atoms with Gasteiger partial charge in [0.1, 0.15) is 11.4 Å². The van der Waals surface area contributed by atoms with Crippen LogP contribution in [0.15, 0.2) is 60.8 Å². The number of methoxy groups -OCH3 is 1. The quantitative estimate of drug-likeness (QED) is 0.550. The van der Waals surface area contributed by atoms with Gasteiger partial charge in [0.2, 0.25) is 0 Å². The number of piperidine rings is 1. The summed E-state index contributed by atoms with van der Waals surface area (Å²) in [4.78, 5) is 27.6. The SMILES string of the molecule is CCOC(=O)C1CCCN(C(=O)c2cn(-c3ccccc3)nc2-c2ccc(OC)cc2)C1. The first-order valence-electron chi connectivity index (χ1n) is 10.9. The second kappa shape index (κ2) is 9.68. The number of carbonyl (C=O) groups excluding carboxylic acids is 2. The van der Waals surface area contributed by atoms with Crippen LogP contribution in [0.5, 0.6) is 5.75 Å². The predicted octanol–water partition coefficient (Wildman–Crippen LogP) is 3.96. The minimum atomic E-state index is -0.291. The van der Waals surface area contributed by atoms with Gasteiger partial charge in [0.25, 0.3) is 5.91 Å². The van der Waals surface area contributed by atoms with Gasteiger partial charge in [-0.05, 0) is 56.2 Å². The summed E-state index contributed by atoms with van der Waals surface area (Å²) >= 11 is 0. The number of aromatic nitrogens is 2. The predicted molar refractivity (Wildman–Crippen MR) is 121 cm³/mol. The summed E-state index contributed by atoms with van der Waals surface area (Å²) in [7, 11) is 1.62. The van der Waals surface area contributed by atoms with Crippen LogP contribution in [0.25, 0.3) is 16.9 Å². The lowest BCUT2D eigenvalue weighted by molar-refractivity contribution is -0.149. The van der Waals surface area contributed by atoms with Crippen molar-refractivity contribution in [2.24, 2.45) is 5.92 Å². The number of amides is 1. The van der Waals surface area contributed by atoms with Crippen molar-refractivity contribution in [2.75, 3.05) is 26.8 Å². The smallest absolute Gasteiger partial charge is 0.310 e. The Bertz CT molecular complexity index is 1080. The van der Waals surface area contributed by atoms with Crippen LogP contribution in [0, 0.1) is 5.92 Å². The summed E-state index contributed by atoms with van der Waals surface area (Å²) in [5, 5.41) is 4.74. The van der Waals surface area contributed by atoms with Crippen molar-refractivity contribution >= 4 is 11.9 Å². The van der Waals surface area contributed by atoms with Crippen LogP contribution in [-0.4, -0.2) is 53.4 Å². The Hall–Kier alpha value is -3.61. The number of ether oxygens (including phenoxy) is 2. The van der Waals surface area contributed by atoms with Crippen LogP contribution in [0.3, 0.4) is 0 Å². The lowest BCUT2D eigenvalue weighted by Crippen LogP contribution is -2.42. The second-order valence-electron chi connectivity index (χ2n) is 7.74. The fourth-order valence-corrected chi connectivity index (χ4v) is 3.99. The van der Waals surface area contributed by atoms with Crippen LogP contribution in [0.2, 0.25) is 0 Å². The molecule has 1 aromatic heterocycles. The molecule has 1 aliphatic heterocycles. The molecule has 2 heterocycles. The van der Waals surface area contributed by atoms with Gasteiger partial charge in [0, 0.05) is 24.8 Å². The molecule has 1 fully saturated rings. The molecule has 0 saturated carbocycles. The Morgan fingerprint density at radius 2 is 1.84 bits per heavy atom. The summed E-state index contributed by atoms with van der Waals surface area (Å²) < 4.78 is 12.2. The third-order valence-corrected chi connectivity index (χ3v) is 5.66. The van der Waals surface area contributed by atoms with E-state index in [1.807, 2.05) is 54.6 Å². The fraction of sp³-hybridized carbons (Fsp3) is 0.320. The van der Waals surface area contributed by atoms with E-state index in [1.54, 1.807) is 29.8 Å². The minimum Gasteiger partial charge on any atom is -0.497 e. The molecule has 7 nitrogen and oxygen atoms in total. The van der Waals surface area contributed by atoms with Crippen molar-refractivity contribution in [2.45, 2.75) is 19.8 Å². The molecule has 166 valence electrons. The van der Waals surface area contributed by atoms with Crippen molar-refractivity contribution in [3.05, 3.63) is 66.4 Å². The van der Waals surface area contributed by atoms with E-state index < -0.39 is 0 Å². The van der Waals surface area contributed by atoms with Gasteiger partial charge in [-0.3, -0.25) is 9.59 Å². The number of carbonyl (C=O) groups is 2. The highest BCUT2D eigenvalue weighted by atomic mass is 16.5. The standard InChI is InChI=1S/C25H27N3O4/c1-3-32-25(30)19-8-7-15-27(16-19)24(29)22-17-28(20-9-5-4-6-10-20)26-23(22)18-11-13-21(31-2)14-12-18/h4-6,9-14,17,19H,3,7-8,15-16H2,1-2H3. The third-order valence-electron chi connectivity index (χ3n) is 5.66. The number of rotatable bonds is 6. The van der Waals surface area contributed by atoms with Crippen LogP contribution >= 0.6 is 0 Å². The highest BCUT2D eigenvalue weighted by molar-refractivity contribution is 6.00. The van der Waals surface area contributed by atoms with E-state index in [4.69, 9.17) is 14.6 Å². The zero-order valence-electron chi connectivity index (χ0n) is 18.4. The molecule has 0 spiro atoms. The van der Waals surface area contributed by atoms with Gasteiger partial charge in [-0.1, -0.05) is 18.2 Å². The van der Waals surface area contributed by atoms with Crippen LogP contribution < -0.4 is 4.74 Å². The first-order valence-corrected chi connectivity index (χ1v) is 10.9. The van der Waals surface area contributed by atoms with E-state index in [2.05, 4.69) is 0 Å². The maximum Gasteiger partial charge on any atom is 0.310 e. The van der Waals surface area contributed by atoms with Gasteiger partial charge in [0.05, 0.1) is 30.9 Å². The topological polar surface area (TPSA) is 73.7 Å². The largest absolute Gasteiger partial charge is 0.497 e. The van der Waals surface area contributed by atoms with Gasteiger partial charge >= 0.3 is 5.97 Å². The minimum absolute atomic E-state index is 0.132. The molecule has 0 N–H and O–H groups in total. The van der Waals surface area contributed by atoms with Gasteiger partial charge in [-0.15, -0.1) is 0 Å². The van der Waals surface area contributed by atoms with E-state index in [0.29, 0.717) is 31.0 Å². The Kier molecular flexibility index (Phi) is 6.54. The fourth-order valence-electron chi connectivity index (χ4n) is 3.99. The molecule has 1 unspecified atom stereocenters. The van der Waals surface area contributed by atoms with Gasteiger partial charge in [0.15, 0.2) is 0 Å². The third kappa shape index (κ3) is 4.51. The number of benzene rings is 2. The Morgan fingerprint density at radius 3 is 2.53 bits per heavy atom. The molecule has 3 aromatic rings. The molecule has 7 heteroatoms. The molecule has 4 rings (SSSR count). The van der Waals surface area contributed by atoms with Crippen molar-refractivity contribution in [3.63, 3.8) is 0 Å². The van der Waals surface area contributed by atoms with E-state index >= 15 is 0 Å². The Morgan fingerprint density at radius 1 is 1.09 bits per heavy atom. The maximum absolute atomic E-state index is 13.6. The number of likely N-dealkylation sites (tertiary alicyclic amines) is 1. The molecule has 0 bridgehead atoms. The monoisotopic (exact) mass is 433 g/mol. The summed E-state index contributed by atoms with van der Waals surface area (Å²) in [6, 6.07) is 17.2. The van der Waals surface area contributed by atoms with Crippen molar-refractivity contribution in [3.8, 4) is 22.7 Å². The highest BCUT2D eigenvalue weighted by Gasteiger charge is 2.31. The Labute approximate surface area is 187 Å². The first kappa shape index (κ1) is 21.6. The number of hydrogen-bond donors (Lipinski definition) is 0. The average Bonchev–Trinajstić information content (AvgIpc) is 3.30. The normalized spacial score (nSPS) is 15.9. The van der Waals surface area contributed by atoms with E-state index in [-0.39, 0.29) is 17.8 Å². The number of para-hydroxylation sites is 1. The van der Waals surface area contributed by atoms with Crippen molar-refractivity contribution in [1.29, 1.82) is 0 Å². The van der Waals surface area contributed by atoms with Crippen molar-refractivity contribution in [1.82, 2.24) is 14.7 Å². The molecule has 1 saturated heterocycles. The lowest BCUT2D eigenvalue weighted by Gasteiger charge is -2.31. The van der Waals surface area contributed by atoms with Gasteiger partial charge in [-0.2, -0.15) is 5.10 Å². The Balaban J connectivity index is 1.68. The average molecular weight is 434 g/mol. The van der Waals surface area contributed by atoms with E-state index in [9.17, 15) is 9.59 Å². The number of hydrogen-bond acceptors (Lipinski definition) is 5. The summed E-state index contributed by atoms with van der Waals surface area (Å²) in [6.45, 7) is 3.10. The molecular weight excluding hydrogens is 406 g/mol. The zero-order valence-corrected chi connectivity index (χ0v) is 18.4.